The van der Waals surface area contributed by atoms with Crippen molar-refractivity contribution in [2.45, 2.75) is 19.3 Å². The fourth-order valence-electron chi connectivity index (χ4n) is 1.13. The molecular weight excluding hydrogens is 146 g/mol. The summed E-state index contributed by atoms with van der Waals surface area (Å²) >= 11 is 0. The highest BCUT2D eigenvalue weighted by Gasteiger charge is 1.99. The summed E-state index contributed by atoms with van der Waals surface area (Å²) in [5.74, 6) is 6.35. The first-order chi connectivity index (χ1) is 5.79. The highest BCUT2D eigenvalue weighted by Crippen LogP contribution is 2.14. The van der Waals surface area contributed by atoms with Gasteiger partial charge in [-0.2, -0.15) is 0 Å². The van der Waals surface area contributed by atoms with Crippen LogP contribution in [0, 0.1) is 18.3 Å². The molecule has 0 heterocycles. The molecule has 12 heavy (non-hydrogen) atoms. The zero-order valence-electron chi connectivity index (χ0n) is 7.93. The second kappa shape index (κ2) is 5.00. The van der Waals surface area contributed by atoms with Gasteiger partial charge in [0.2, 0.25) is 0 Å². The number of allylic oxidation sites excluding steroid dienone is 2. The van der Waals surface area contributed by atoms with Crippen molar-refractivity contribution >= 4 is 0 Å². The van der Waals surface area contributed by atoms with E-state index in [9.17, 15) is 0 Å². The molecule has 0 aromatic rings. The van der Waals surface area contributed by atoms with Crippen LogP contribution in [0.5, 0.6) is 0 Å². The summed E-state index contributed by atoms with van der Waals surface area (Å²) in [6.45, 7) is 0.862. The minimum Gasteiger partial charge on any atom is -0.299 e. The van der Waals surface area contributed by atoms with Crippen molar-refractivity contribution in [3.05, 3.63) is 18.1 Å². The van der Waals surface area contributed by atoms with E-state index in [1.807, 2.05) is 14.1 Å². The molecule has 0 aromatic heterocycles. The summed E-state index contributed by atoms with van der Waals surface area (Å²) in [7, 11) is 4.08. The number of rotatable bonds is 1. The molecule has 1 heteroatoms. The Balaban J connectivity index is 2.36. The molecule has 0 fully saturated rings. The largest absolute Gasteiger partial charge is 0.299 e. The second-order valence-corrected chi connectivity index (χ2v) is 3.33. The third kappa shape index (κ3) is 3.59. The lowest BCUT2D eigenvalue weighted by Crippen LogP contribution is -2.10. The fraction of sp³-hybridized carbons (Fsp3) is 0.545. The normalized spacial score (nSPS) is 16.8. The topological polar surface area (TPSA) is 3.24 Å². The number of hydrogen-bond acceptors (Lipinski definition) is 1. The zero-order valence-corrected chi connectivity index (χ0v) is 7.93. The van der Waals surface area contributed by atoms with Gasteiger partial charge in [-0.25, -0.2) is 0 Å². The van der Waals surface area contributed by atoms with E-state index in [4.69, 9.17) is 0 Å². The molecule has 1 aliphatic carbocycles. The molecule has 0 saturated heterocycles. The third-order valence-corrected chi connectivity index (χ3v) is 1.79. The first-order valence-corrected chi connectivity index (χ1v) is 4.43. The van der Waals surface area contributed by atoms with Gasteiger partial charge in [0, 0.05) is 0 Å². The third-order valence-electron chi connectivity index (χ3n) is 1.79. The first-order valence-electron chi connectivity index (χ1n) is 4.43. The summed E-state index contributed by atoms with van der Waals surface area (Å²) in [4.78, 5) is 2.09. The Morgan fingerprint density at radius 2 is 2.33 bits per heavy atom. The van der Waals surface area contributed by atoms with Gasteiger partial charge < -0.3 is 0 Å². The first kappa shape index (κ1) is 9.35. The van der Waals surface area contributed by atoms with Crippen LogP contribution in [-0.4, -0.2) is 25.5 Å². The Bertz CT molecular complexity index is 215. The van der Waals surface area contributed by atoms with Crippen molar-refractivity contribution < 1.29 is 0 Å². The van der Waals surface area contributed by atoms with Gasteiger partial charge in [0.1, 0.15) is 0 Å². The van der Waals surface area contributed by atoms with E-state index in [1.165, 1.54) is 12.0 Å². The van der Waals surface area contributed by atoms with Crippen molar-refractivity contribution in [2.24, 2.45) is 0 Å². The van der Waals surface area contributed by atoms with E-state index in [2.05, 4.69) is 29.2 Å². The molecule has 0 N–H and O–H groups in total. The van der Waals surface area contributed by atoms with E-state index >= 15 is 0 Å². The summed E-state index contributed by atoms with van der Waals surface area (Å²) in [6.07, 6.45) is 7.97. The molecule has 65 valence electrons. The summed E-state index contributed by atoms with van der Waals surface area (Å²) < 4.78 is 0. The van der Waals surface area contributed by atoms with E-state index in [1.54, 1.807) is 0 Å². The SMILES string of the molecule is CN(C)CC#CC1=CC[CH]CC1. The molecule has 0 bridgehead atoms. The highest BCUT2D eigenvalue weighted by molar-refractivity contribution is 5.31. The van der Waals surface area contributed by atoms with Crippen LogP contribution in [0.25, 0.3) is 0 Å². The van der Waals surface area contributed by atoms with E-state index < -0.39 is 0 Å². The maximum Gasteiger partial charge on any atom is 0.0600 e. The molecule has 0 unspecified atom stereocenters. The zero-order chi connectivity index (χ0) is 8.81. The van der Waals surface area contributed by atoms with Crippen molar-refractivity contribution in [1.82, 2.24) is 4.90 Å². The lowest BCUT2D eigenvalue weighted by molar-refractivity contribution is 0.464. The molecule has 1 radical (unpaired) electrons. The van der Waals surface area contributed by atoms with Crippen molar-refractivity contribution in [1.29, 1.82) is 0 Å². The van der Waals surface area contributed by atoms with Crippen molar-refractivity contribution in [3.63, 3.8) is 0 Å². The molecule has 0 spiro atoms. The van der Waals surface area contributed by atoms with Crippen molar-refractivity contribution in [3.8, 4) is 11.8 Å². The van der Waals surface area contributed by atoms with Gasteiger partial charge in [0.05, 0.1) is 6.54 Å². The van der Waals surface area contributed by atoms with Crippen LogP contribution in [0.4, 0.5) is 0 Å². The van der Waals surface area contributed by atoms with Gasteiger partial charge in [-0.05, 0) is 45.4 Å². The maximum absolute atomic E-state index is 3.20. The smallest absolute Gasteiger partial charge is 0.0600 e. The molecule has 0 atom stereocenters. The molecular formula is C11H16N. The van der Waals surface area contributed by atoms with Gasteiger partial charge in [-0.1, -0.05) is 17.9 Å². The molecule has 1 nitrogen and oxygen atoms in total. The lowest BCUT2D eigenvalue weighted by atomic mass is 10.0. The maximum atomic E-state index is 3.20. The van der Waals surface area contributed by atoms with Gasteiger partial charge in [-0.15, -0.1) is 0 Å². The van der Waals surface area contributed by atoms with Crippen LogP contribution in [0.2, 0.25) is 0 Å². The predicted molar refractivity (Wildman–Crippen MR) is 52.6 cm³/mol. The van der Waals surface area contributed by atoms with Crippen LogP contribution in [0.3, 0.4) is 0 Å². The minimum atomic E-state index is 0.862. The number of nitrogens with zero attached hydrogens (tertiary/aromatic N) is 1. The summed E-state index contributed by atoms with van der Waals surface area (Å²) in [5.41, 5.74) is 1.32. The van der Waals surface area contributed by atoms with Gasteiger partial charge >= 0.3 is 0 Å². The molecule has 0 saturated carbocycles. The molecule has 1 aliphatic rings. The van der Waals surface area contributed by atoms with Crippen LogP contribution >= 0.6 is 0 Å². The Morgan fingerprint density at radius 1 is 1.50 bits per heavy atom. The predicted octanol–water partition coefficient (Wildman–Crippen LogP) is 1.87. The minimum absolute atomic E-state index is 0.862. The van der Waals surface area contributed by atoms with Gasteiger partial charge in [0.15, 0.2) is 0 Å². The Kier molecular flexibility index (Phi) is 3.90. The van der Waals surface area contributed by atoms with Crippen LogP contribution < -0.4 is 0 Å². The van der Waals surface area contributed by atoms with E-state index in [0.29, 0.717) is 0 Å². The Hall–Kier alpha value is -0.740. The summed E-state index contributed by atoms with van der Waals surface area (Å²) in [6, 6.07) is 0. The lowest BCUT2D eigenvalue weighted by Gasteiger charge is -2.06. The standard InChI is InChI=1S/C11H16N/c1-12(2)10-6-9-11-7-4-3-5-8-11/h3,7H,4-5,8,10H2,1-2H3. The van der Waals surface area contributed by atoms with E-state index in [0.717, 1.165) is 19.4 Å². The molecule has 1 rings (SSSR count). The molecule has 0 amide bonds. The fourth-order valence-corrected chi connectivity index (χ4v) is 1.13. The van der Waals surface area contributed by atoms with E-state index in [-0.39, 0.29) is 0 Å². The average molecular weight is 162 g/mol. The van der Waals surface area contributed by atoms with Gasteiger partial charge in [0.25, 0.3) is 0 Å². The Labute approximate surface area is 75.5 Å². The van der Waals surface area contributed by atoms with Crippen LogP contribution in [0.1, 0.15) is 19.3 Å². The highest BCUT2D eigenvalue weighted by atomic mass is 15.0. The molecule has 0 aromatic carbocycles. The second-order valence-electron chi connectivity index (χ2n) is 3.33. The average Bonchev–Trinajstić information content (AvgIpc) is 2.05. The van der Waals surface area contributed by atoms with Gasteiger partial charge in [-0.3, -0.25) is 4.90 Å². The van der Waals surface area contributed by atoms with Crippen LogP contribution in [-0.2, 0) is 0 Å². The summed E-state index contributed by atoms with van der Waals surface area (Å²) in [5, 5.41) is 0. The monoisotopic (exact) mass is 162 g/mol. The number of hydrogen-bond donors (Lipinski definition) is 0. The van der Waals surface area contributed by atoms with Crippen molar-refractivity contribution in [2.75, 3.05) is 20.6 Å². The quantitative estimate of drug-likeness (QED) is 0.532. The Morgan fingerprint density at radius 3 is 2.92 bits per heavy atom. The molecule has 0 aliphatic heterocycles. The van der Waals surface area contributed by atoms with Crippen LogP contribution in [0.15, 0.2) is 11.6 Å².